The summed E-state index contributed by atoms with van der Waals surface area (Å²) in [5, 5.41) is 17.9. The molecule has 6 heteroatoms. The predicted octanol–water partition coefficient (Wildman–Crippen LogP) is 1.81. The summed E-state index contributed by atoms with van der Waals surface area (Å²) in [5.41, 5.74) is 0. The van der Waals surface area contributed by atoms with E-state index in [-0.39, 0.29) is 30.0 Å². The summed E-state index contributed by atoms with van der Waals surface area (Å²) >= 11 is 1.31. The smallest absolute Gasteiger partial charge is 0.323 e. The first-order valence-corrected chi connectivity index (χ1v) is 6.82. The molecule has 1 amide bonds. The normalized spacial score (nSPS) is 10.5. The maximum atomic E-state index is 12.0. The third-order valence-electron chi connectivity index (χ3n) is 2.45. The first kappa shape index (κ1) is 15.4. The quantitative estimate of drug-likeness (QED) is 0.778. The number of hydrogen-bond donors (Lipinski definition) is 2. The van der Waals surface area contributed by atoms with Crippen molar-refractivity contribution in [2.45, 2.75) is 24.8 Å². The van der Waals surface area contributed by atoms with Crippen molar-refractivity contribution < 1.29 is 19.8 Å². The van der Waals surface area contributed by atoms with Crippen LogP contribution in [-0.4, -0.2) is 45.3 Å². The van der Waals surface area contributed by atoms with Gasteiger partial charge in [-0.1, -0.05) is 0 Å². The second-order valence-electron chi connectivity index (χ2n) is 4.29. The highest BCUT2D eigenvalue weighted by molar-refractivity contribution is 8.00. The molecule has 0 aliphatic rings. The van der Waals surface area contributed by atoms with Gasteiger partial charge in [0.2, 0.25) is 5.91 Å². The highest BCUT2D eigenvalue weighted by atomic mass is 32.2. The molecular formula is C13H17NO4S. The topological polar surface area (TPSA) is 77.8 Å². The number of benzene rings is 1. The second-order valence-corrected chi connectivity index (χ2v) is 5.34. The number of nitrogens with zero attached hydrogens (tertiary/aromatic N) is 1. The largest absolute Gasteiger partial charge is 0.508 e. The summed E-state index contributed by atoms with van der Waals surface area (Å²) in [7, 11) is 0. The van der Waals surface area contributed by atoms with Gasteiger partial charge in [-0.25, -0.2) is 0 Å². The van der Waals surface area contributed by atoms with Crippen LogP contribution in [0.1, 0.15) is 13.8 Å². The van der Waals surface area contributed by atoms with Crippen LogP contribution in [0, 0.1) is 0 Å². The van der Waals surface area contributed by atoms with Crippen molar-refractivity contribution in [3.05, 3.63) is 24.3 Å². The zero-order valence-electron chi connectivity index (χ0n) is 10.9. The minimum absolute atomic E-state index is 0.149. The predicted molar refractivity (Wildman–Crippen MR) is 73.3 cm³/mol. The Kier molecular flexibility index (Phi) is 5.69. The van der Waals surface area contributed by atoms with E-state index in [1.807, 2.05) is 0 Å². The molecule has 104 valence electrons. The second kappa shape index (κ2) is 7.04. The van der Waals surface area contributed by atoms with E-state index in [2.05, 4.69) is 0 Å². The molecule has 0 heterocycles. The van der Waals surface area contributed by atoms with Crippen LogP contribution in [0.3, 0.4) is 0 Å². The summed E-state index contributed by atoms with van der Waals surface area (Å²) in [5.74, 6) is -0.881. The van der Waals surface area contributed by atoms with Crippen molar-refractivity contribution in [3.8, 4) is 5.75 Å². The molecule has 2 N–H and O–H groups in total. The Morgan fingerprint density at radius 1 is 1.26 bits per heavy atom. The van der Waals surface area contributed by atoms with Crippen molar-refractivity contribution >= 4 is 23.6 Å². The third-order valence-corrected chi connectivity index (χ3v) is 3.45. The van der Waals surface area contributed by atoms with Crippen molar-refractivity contribution in [3.63, 3.8) is 0 Å². The van der Waals surface area contributed by atoms with Gasteiger partial charge in [-0.15, -0.1) is 11.8 Å². The van der Waals surface area contributed by atoms with E-state index in [0.29, 0.717) is 0 Å². The minimum Gasteiger partial charge on any atom is -0.508 e. The SMILES string of the molecule is CC(C)N(CC(=O)O)C(=O)CSc1ccc(O)cc1. The van der Waals surface area contributed by atoms with Gasteiger partial charge < -0.3 is 15.1 Å². The summed E-state index contributed by atoms with van der Waals surface area (Å²) in [6.45, 7) is 3.28. The van der Waals surface area contributed by atoms with Crippen LogP contribution in [0.5, 0.6) is 5.75 Å². The van der Waals surface area contributed by atoms with Gasteiger partial charge in [0.05, 0.1) is 5.75 Å². The fraction of sp³-hybridized carbons (Fsp3) is 0.385. The number of carboxylic acids is 1. The van der Waals surface area contributed by atoms with Crippen LogP contribution in [0.4, 0.5) is 0 Å². The molecule has 0 fully saturated rings. The zero-order chi connectivity index (χ0) is 14.4. The van der Waals surface area contributed by atoms with Crippen LogP contribution in [-0.2, 0) is 9.59 Å². The Morgan fingerprint density at radius 3 is 2.32 bits per heavy atom. The van der Waals surface area contributed by atoms with Crippen molar-refractivity contribution in [1.29, 1.82) is 0 Å². The summed E-state index contributed by atoms with van der Waals surface area (Å²) in [6.07, 6.45) is 0. The molecule has 1 aromatic carbocycles. The number of aromatic hydroxyl groups is 1. The number of carboxylic acid groups (broad SMARTS) is 1. The molecule has 0 atom stereocenters. The summed E-state index contributed by atoms with van der Waals surface area (Å²) < 4.78 is 0. The molecule has 1 rings (SSSR count). The van der Waals surface area contributed by atoms with E-state index in [9.17, 15) is 9.59 Å². The molecule has 0 aromatic heterocycles. The number of hydrogen-bond acceptors (Lipinski definition) is 4. The lowest BCUT2D eigenvalue weighted by atomic mass is 10.3. The molecule has 1 aromatic rings. The number of carbonyl (C=O) groups is 2. The molecule has 5 nitrogen and oxygen atoms in total. The minimum atomic E-state index is -1.02. The Balaban J connectivity index is 2.57. The molecule has 0 bridgehead atoms. The van der Waals surface area contributed by atoms with E-state index >= 15 is 0 Å². The highest BCUT2D eigenvalue weighted by Gasteiger charge is 2.19. The van der Waals surface area contributed by atoms with Crippen LogP contribution >= 0.6 is 11.8 Å². The van der Waals surface area contributed by atoms with E-state index in [1.54, 1.807) is 38.1 Å². The van der Waals surface area contributed by atoms with Crippen LogP contribution < -0.4 is 0 Å². The molecule has 0 saturated carbocycles. The first-order valence-electron chi connectivity index (χ1n) is 5.83. The van der Waals surface area contributed by atoms with Gasteiger partial charge in [0, 0.05) is 10.9 Å². The number of thioether (sulfide) groups is 1. The van der Waals surface area contributed by atoms with Gasteiger partial charge in [0.15, 0.2) is 0 Å². The fourth-order valence-corrected chi connectivity index (χ4v) is 2.26. The molecule has 0 radical (unpaired) electrons. The van der Waals surface area contributed by atoms with Crippen molar-refractivity contribution in [2.75, 3.05) is 12.3 Å². The van der Waals surface area contributed by atoms with Crippen molar-refractivity contribution in [1.82, 2.24) is 4.90 Å². The van der Waals surface area contributed by atoms with Gasteiger partial charge in [-0.05, 0) is 38.1 Å². The summed E-state index contributed by atoms with van der Waals surface area (Å²) in [4.78, 5) is 24.8. The van der Waals surface area contributed by atoms with E-state index in [0.717, 1.165) is 4.90 Å². The zero-order valence-corrected chi connectivity index (χ0v) is 11.7. The Labute approximate surface area is 116 Å². The van der Waals surface area contributed by atoms with Crippen LogP contribution in [0.15, 0.2) is 29.2 Å². The number of phenols is 1. The molecule has 0 unspecified atom stereocenters. The number of phenolic OH excluding ortho intramolecular Hbond substituents is 1. The lowest BCUT2D eigenvalue weighted by molar-refractivity contribution is -0.144. The molecular weight excluding hydrogens is 266 g/mol. The molecule has 0 spiro atoms. The van der Waals surface area contributed by atoms with Gasteiger partial charge in [-0.3, -0.25) is 9.59 Å². The van der Waals surface area contributed by atoms with Gasteiger partial charge >= 0.3 is 5.97 Å². The standard InChI is InChI=1S/C13H17NO4S/c1-9(2)14(7-13(17)18)12(16)8-19-11-5-3-10(15)4-6-11/h3-6,9,15H,7-8H2,1-2H3,(H,17,18). The summed E-state index contributed by atoms with van der Waals surface area (Å²) in [6, 6.07) is 6.37. The molecule has 0 aliphatic heterocycles. The lowest BCUT2D eigenvalue weighted by Gasteiger charge is -2.24. The Morgan fingerprint density at radius 2 is 1.84 bits per heavy atom. The maximum Gasteiger partial charge on any atom is 0.323 e. The highest BCUT2D eigenvalue weighted by Crippen LogP contribution is 2.21. The van der Waals surface area contributed by atoms with Gasteiger partial charge in [0.25, 0.3) is 0 Å². The fourth-order valence-electron chi connectivity index (χ4n) is 1.47. The number of amides is 1. The molecule has 0 aliphatic carbocycles. The number of aliphatic carboxylic acids is 1. The van der Waals surface area contributed by atoms with Crippen molar-refractivity contribution in [2.24, 2.45) is 0 Å². The third kappa shape index (κ3) is 5.21. The van der Waals surface area contributed by atoms with Gasteiger partial charge in [-0.2, -0.15) is 0 Å². The van der Waals surface area contributed by atoms with E-state index in [1.165, 1.54) is 16.7 Å². The molecule has 19 heavy (non-hydrogen) atoms. The monoisotopic (exact) mass is 283 g/mol. The van der Waals surface area contributed by atoms with Crippen LogP contribution in [0.2, 0.25) is 0 Å². The average Bonchev–Trinajstić information content (AvgIpc) is 2.34. The van der Waals surface area contributed by atoms with Gasteiger partial charge in [0.1, 0.15) is 12.3 Å². The molecule has 0 saturated heterocycles. The lowest BCUT2D eigenvalue weighted by Crippen LogP contribution is -2.41. The average molecular weight is 283 g/mol. The van der Waals surface area contributed by atoms with E-state index in [4.69, 9.17) is 10.2 Å². The Bertz CT molecular complexity index is 444. The first-order chi connectivity index (χ1) is 8.90. The van der Waals surface area contributed by atoms with E-state index < -0.39 is 5.97 Å². The maximum absolute atomic E-state index is 12.0. The number of rotatable bonds is 6. The number of carbonyl (C=O) groups excluding carboxylic acids is 1. The van der Waals surface area contributed by atoms with Crippen LogP contribution in [0.25, 0.3) is 0 Å². The Hall–Kier alpha value is -1.69.